The van der Waals surface area contributed by atoms with Crippen LogP contribution in [-0.4, -0.2) is 36.3 Å². The van der Waals surface area contributed by atoms with Crippen molar-refractivity contribution in [3.05, 3.63) is 63.2 Å². The Kier molecular flexibility index (Phi) is 5.90. The molecule has 1 heterocycles. The average Bonchev–Trinajstić information content (AvgIpc) is 3.11. The summed E-state index contributed by atoms with van der Waals surface area (Å²) in [4.78, 5) is 22.7. The number of non-ortho nitro benzene ring substituents is 1. The molecule has 0 fully saturated rings. The van der Waals surface area contributed by atoms with E-state index in [-0.39, 0.29) is 16.6 Å². The summed E-state index contributed by atoms with van der Waals surface area (Å²) in [5.41, 5.74) is 2.04. The zero-order valence-corrected chi connectivity index (χ0v) is 16.4. The van der Waals surface area contributed by atoms with Crippen LogP contribution in [0.4, 0.5) is 11.4 Å². The number of carbonyl (C=O) groups excluding carboxylic acids is 1. The van der Waals surface area contributed by atoms with Gasteiger partial charge in [-0.1, -0.05) is 41.1 Å². The van der Waals surface area contributed by atoms with Crippen LogP contribution in [0.15, 0.2) is 47.6 Å². The molecule has 9 nitrogen and oxygen atoms in total. The number of aromatic nitrogens is 4. The standard InChI is InChI=1S/C17H15ClN6O3S/c1-10-3-5-12(6-4-10)23-17(20-21-22-23)28-11(2)16(25)19-15-8-7-13(24(26)27)9-14(15)18/h3-9,11H,1-2H3,(H,19,25). The lowest BCUT2D eigenvalue weighted by Gasteiger charge is -2.12. The van der Waals surface area contributed by atoms with E-state index in [1.165, 1.54) is 30.0 Å². The molecule has 0 saturated carbocycles. The van der Waals surface area contributed by atoms with Gasteiger partial charge in [0.15, 0.2) is 0 Å². The zero-order chi connectivity index (χ0) is 20.3. The largest absolute Gasteiger partial charge is 0.324 e. The summed E-state index contributed by atoms with van der Waals surface area (Å²) >= 11 is 7.20. The quantitative estimate of drug-likeness (QED) is 0.369. The van der Waals surface area contributed by atoms with Crippen LogP contribution in [0.2, 0.25) is 5.02 Å². The minimum Gasteiger partial charge on any atom is -0.324 e. The number of anilines is 1. The summed E-state index contributed by atoms with van der Waals surface area (Å²) in [6.07, 6.45) is 0. The van der Waals surface area contributed by atoms with Crippen molar-refractivity contribution in [2.75, 3.05) is 5.32 Å². The molecule has 3 aromatic rings. The van der Waals surface area contributed by atoms with Crippen LogP contribution in [-0.2, 0) is 4.79 Å². The zero-order valence-electron chi connectivity index (χ0n) is 14.9. The molecule has 1 amide bonds. The Hall–Kier alpha value is -2.98. The summed E-state index contributed by atoms with van der Waals surface area (Å²) in [5, 5.41) is 25.1. The molecular weight excluding hydrogens is 404 g/mol. The van der Waals surface area contributed by atoms with Gasteiger partial charge in [0, 0.05) is 12.1 Å². The van der Waals surface area contributed by atoms with E-state index in [0.29, 0.717) is 10.8 Å². The maximum Gasteiger partial charge on any atom is 0.271 e. The molecule has 2 aromatic carbocycles. The van der Waals surface area contributed by atoms with Gasteiger partial charge < -0.3 is 5.32 Å². The van der Waals surface area contributed by atoms with Gasteiger partial charge in [0.2, 0.25) is 11.1 Å². The van der Waals surface area contributed by atoms with Crippen molar-refractivity contribution < 1.29 is 9.72 Å². The molecule has 1 aromatic heterocycles. The Morgan fingerprint density at radius 1 is 1.29 bits per heavy atom. The van der Waals surface area contributed by atoms with Gasteiger partial charge in [0.1, 0.15) is 0 Å². The minimum atomic E-state index is -0.555. The Balaban J connectivity index is 1.71. The summed E-state index contributed by atoms with van der Waals surface area (Å²) < 4.78 is 1.55. The van der Waals surface area contributed by atoms with E-state index >= 15 is 0 Å². The monoisotopic (exact) mass is 418 g/mol. The molecule has 11 heteroatoms. The number of thioether (sulfide) groups is 1. The first kappa shape index (κ1) is 19.8. The highest BCUT2D eigenvalue weighted by molar-refractivity contribution is 8.00. The lowest BCUT2D eigenvalue weighted by atomic mass is 10.2. The fraction of sp³-hybridized carbons (Fsp3) is 0.176. The third kappa shape index (κ3) is 4.46. The number of hydrogen-bond acceptors (Lipinski definition) is 7. The van der Waals surface area contributed by atoms with E-state index in [1.54, 1.807) is 11.6 Å². The molecule has 1 N–H and O–H groups in total. The van der Waals surface area contributed by atoms with Crippen LogP contribution >= 0.6 is 23.4 Å². The summed E-state index contributed by atoms with van der Waals surface area (Å²) in [6, 6.07) is 11.5. The van der Waals surface area contributed by atoms with Crippen molar-refractivity contribution in [3.63, 3.8) is 0 Å². The van der Waals surface area contributed by atoms with Crippen molar-refractivity contribution in [3.8, 4) is 5.69 Å². The first-order valence-electron chi connectivity index (χ1n) is 8.12. The molecule has 1 unspecified atom stereocenters. The Morgan fingerprint density at radius 3 is 2.64 bits per heavy atom. The molecule has 0 aliphatic rings. The van der Waals surface area contributed by atoms with E-state index in [9.17, 15) is 14.9 Å². The van der Waals surface area contributed by atoms with E-state index in [1.807, 2.05) is 31.2 Å². The molecule has 3 rings (SSSR count). The van der Waals surface area contributed by atoms with E-state index in [2.05, 4.69) is 20.8 Å². The number of benzene rings is 2. The van der Waals surface area contributed by atoms with Crippen LogP contribution in [0.1, 0.15) is 12.5 Å². The first-order valence-corrected chi connectivity index (χ1v) is 9.38. The van der Waals surface area contributed by atoms with E-state index in [4.69, 9.17) is 11.6 Å². The molecule has 0 bridgehead atoms. The molecule has 0 spiro atoms. The van der Waals surface area contributed by atoms with Crippen molar-refractivity contribution in [1.29, 1.82) is 0 Å². The van der Waals surface area contributed by atoms with Crippen LogP contribution in [0.3, 0.4) is 0 Å². The average molecular weight is 419 g/mol. The lowest BCUT2D eigenvalue weighted by molar-refractivity contribution is -0.384. The second-order valence-corrected chi connectivity index (χ2v) is 7.59. The molecule has 1 atom stereocenters. The van der Waals surface area contributed by atoms with Crippen molar-refractivity contribution in [1.82, 2.24) is 20.2 Å². The highest BCUT2D eigenvalue weighted by Crippen LogP contribution is 2.28. The number of nitro benzene ring substituents is 1. The number of halogens is 1. The van der Waals surface area contributed by atoms with E-state index in [0.717, 1.165) is 11.3 Å². The lowest BCUT2D eigenvalue weighted by Crippen LogP contribution is -2.23. The molecule has 0 saturated heterocycles. The molecule has 28 heavy (non-hydrogen) atoms. The van der Waals surface area contributed by atoms with Crippen LogP contribution in [0.5, 0.6) is 0 Å². The van der Waals surface area contributed by atoms with Gasteiger partial charge in [-0.2, -0.15) is 4.68 Å². The number of nitrogens with zero attached hydrogens (tertiary/aromatic N) is 5. The third-order valence-corrected chi connectivity index (χ3v) is 5.14. The number of carbonyl (C=O) groups is 1. The van der Waals surface area contributed by atoms with Crippen molar-refractivity contribution in [2.24, 2.45) is 0 Å². The first-order chi connectivity index (χ1) is 13.3. The van der Waals surface area contributed by atoms with Crippen molar-refractivity contribution in [2.45, 2.75) is 24.3 Å². The summed E-state index contributed by atoms with van der Waals surface area (Å²) in [7, 11) is 0. The highest BCUT2D eigenvalue weighted by atomic mass is 35.5. The number of nitrogens with one attached hydrogen (secondary N) is 1. The third-order valence-electron chi connectivity index (χ3n) is 3.79. The number of aryl methyl sites for hydroxylation is 1. The van der Waals surface area contributed by atoms with Gasteiger partial charge in [0.05, 0.1) is 26.6 Å². The van der Waals surface area contributed by atoms with Gasteiger partial charge in [-0.15, -0.1) is 5.10 Å². The number of rotatable bonds is 6. The smallest absolute Gasteiger partial charge is 0.271 e. The van der Waals surface area contributed by atoms with Gasteiger partial charge in [-0.05, 0) is 42.5 Å². The molecule has 0 aliphatic carbocycles. The Bertz CT molecular complexity index is 1020. The number of hydrogen-bond donors (Lipinski definition) is 1. The van der Waals surface area contributed by atoms with Gasteiger partial charge in [-0.3, -0.25) is 14.9 Å². The maximum absolute atomic E-state index is 12.5. The Labute approximate surface area is 169 Å². The van der Waals surface area contributed by atoms with Crippen LogP contribution < -0.4 is 5.32 Å². The molecule has 0 aliphatic heterocycles. The normalized spacial score (nSPS) is 11.8. The summed E-state index contributed by atoms with van der Waals surface area (Å²) in [5.74, 6) is -0.334. The van der Waals surface area contributed by atoms with Gasteiger partial charge in [-0.25, -0.2) is 0 Å². The number of nitro groups is 1. The molecule has 0 radical (unpaired) electrons. The molecule has 144 valence electrons. The fourth-order valence-electron chi connectivity index (χ4n) is 2.27. The predicted molar refractivity (Wildman–Crippen MR) is 106 cm³/mol. The number of amides is 1. The second-order valence-electron chi connectivity index (χ2n) is 5.88. The highest BCUT2D eigenvalue weighted by Gasteiger charge is 2.20. The minimum absolute atomic E-state index is 0.0873. The van der Waals surface area contributed by atoms with Crippen LogP contribution in [0, 0.1) is 17.0 Å². The SMILES string of the molecule is Cc1ccc(-n2nnnc2SC(C)C(=O)Nc2ccc([N+](=O)[O-])cc2Cl)cc1. The predicted octanol–water partition coefficient (Wildman–Crippen LogP) is 3.65. The van der Waals surface area contributed by atoms with Gasteiger partial charge in [0.25, 0.3) is 5.69 Å². The fourth-order valence-corrected chi connectivity index (χ4v) is 3.30. The van der Waals surface area contributed by atoms with Crippen LogP contribution in [0.25, 0.3) is 5.69 Å². The Morgan fingerprint density at radius 2 is 2.00 bits per heavy atom. The topological polar surface area (TPSA) is 116 Å². The van der Waals surface area contributed by atoms with E-state index < -0.39 is 10.2 Å². The van der Waals surface area contributed by atoms with Gasteiger partial charge >= 0.3 is 0 Å². The number of tetrazole rings is 1. The maximum atomic E-state index is 12.5. The second kappa shape index (κ2) is 8.36. The van der Waals surface area contributed by atoms with Crippen molar-refractivity contribution >= 4 is 40.6 Å². The summed E-state index contributed by atoms with van der Waals surface area (Å²) in [6.45, 7) is 3.68. The molecular formula is C17H15ClN6O3S.